The molecular formula is C25H30N2O3S. The molecule has 0 aliphatic carbocycles. The summed E-state index contributed by atoms with van der Waals surface area (Å²) in [4.78, 5) is 4.46. The van der Waals surface area contributed by atoms with Gasteiger partial charge in [-0.15, -0.1) is 0 Å². The molecule has 0 unspecified atom stereocenters. The van der Waals surface area contributed by atoms with E-state index in [4.69, 9.17) is 4.74 Å². The van der Waals surface area contributed by atoms with Crippen molar-refractivity contribution in [2.75, 3.05) is 4.72 Å². The predicted molar refractivity (Wildman–Crippen MR) is 125 cm³/mol. The van der Waals surface area contributed by atoms with E-state index in [2.05, 4.69) is 51.2 Å². The third kappa shape index (κ3) is 5.44. The van der Waals surface area contributed by atoms with Gasteiger partial charge < -0.3 is 4.74 Å². The SMILES string of the molecule is CC(C)(C)c1ccc(S(=O)(=O)Nc2cccnc2Oc2ccccc2C(C)(C)C)cc1. The van der Waals surface area contributed by atoms with E-state index in [1.54, 1.807) is 30.5 Å². The zero-order valence-electron chi connectivity index (χ0n) is 18.9. The Morgan fingerprint density at radius 2 is 1.45 bits per heavy atom. The maximum atomic E-state index is 13.0. The van der Waals surface area contributed by atoms with E-state index in [0.717, 1.165) is 11.1 Å². The van der Waals surface area contributed by atoms with Crippen molar-refractivity contribution in [3.8, 4) is 11.6 Å². The first-order valence-corrected chi connectivity index (χ1v) is 11.7. The Balaban J connectivity index is 1.91. The van der Waals surface area contributed by atoms with Crippen LogP contribution in [-0.2, 0) is 20.9 Å². The molecular weight excluding hydrogens is 408 g/mol. The van der Waals surface area contributed by atoms with Crippen LogP contribution >= 0.6 is 0 Å². The lowest BCUT2D eigenvalue weighted by atomic mass is 9.86. The van der Waals surface area contributed by atoms with Gasteiger partial charge in [0.2, 0.25) is 5.88 Å². The Labute approximate surface area is 185 Å². The fourth-order valence-electron chi connectivity index (χ4n) is 3.17. The molecule has 0 saturated carbocycles. The number of benzene rings is 2. The van der Waals surface area contributed by atoms with Crippen LogP contribution in [0.2, 0.25) is 0 Å². The summed E-state index contributed by atoms with van der Waals surface area (Å²) >= 11 is 0. The van der Waals surface area contributed by atoms with Crippen LogP contribution in [0.25, 0.3) is 0 Å². The first-order chi connectivity index (χ1) is 14.4. The second kappa shape index (κ2) is 8.35. The molecule has 2 aromatic carbocycles. The lowest BCUT2D eigenvalue weighted by molar-refractivity contribution is 0.442. The van der Waals surface area contributed by atoms with Gasteiger partial charge in [0.05, 0.1) is 4.90 Å². The van der Waals surface area contributed by atoms with Gasteiger partial charge in [0.15, 0.2) is 0 Å². The fourth-order valence-corrected chi connectivity index (χ4v) is 4.22. The van der Waals surface area contributed by atoms with Crippen molar-refractivity contribution in [3.63, 3.8) is 0 Å². The average molecular weight is 439 g/mol. The van der Waals surface area contributed by atoms with E-state index in [9.17, 15) is 8.42 Å². The van der Waals surface area contributed by atoms with Gasteiger partial charge in [-0.25, -0.2) is 13.4 Å². The van der Waals surface area contributed by atoms with E-state index >= 15 is 0 Å². The first-order valence-electron chi connectivity index (χ1n) is 10.2. The standard InChI is InChI=1S/C25H30N2O3S/c1-24(2,3)18-13-15-19(16-14-18)31(28,29)27-21-11-9-17-26-23(21)30-22-12-8-7-10-20(22)25(4,5)6/h7-17,27H,1-6H3. The van der Waals surface area contributed by atoms with Gasteiger partial charge in [-0.1, -0.05) is 71.9 Å². The van der Waals surface area contributed by atoms with Gasteiger partial charge in [-0.2, -0.15) is 0 Å². The number of pyridine rings is 1. The van der Waals surface area contributed by atoms with Crippen molar-refractivity contribution in [2.24, 2.45) is 0 Å². The summed E-state index contributed by atoms with van der Waals surface area (Å²) in [5.41, 5.74) is 2.16. The van der Waals surface area contributed by atoms with Gasteiger partial charge in [0, 0.05) is 11.8 Å². The molecule has 0 spiro atoms. The number of nitrogens with one attached hydrogen (secondary N) is 1. The molecule has 5 nitrogen and oxygen atoms in total. The third-order valence-corrected chi connectivity index (χ3v) is 6.33. The second-order valence-electron chi connectivity index (χ2n) is 9.58. The number of hydrogen-bond acceptors (Lipinski definition) is 4. The first kappa shape index (κ1) is 22.8. The van der Waals surface area contributed by atoms with Crippen LogP contribution in [0.5, 0.6) is 11.6 Å². The highest BCUT2D eigenvalue weighted by Crippen LogP contribution is 2.36. The third-order valence-electron chi connectivity index (χ3n) is 4.95. The minimum atomic E-state index is -3.80. The van der Waals surface area contributed by atoms with Crippen LogP contribution in [0.15, 0.2) is 71.8 Å². The van der Waals surface area contributed by atoms with E-state index in [1.807, 2.05) is 36.4 Å². The zero-order chi connectivity index (χ0) is 22.9. The van der Waals surface area contributed by atoms with Crippen LogP contribution in [0, 0.1) is 0 Å². The molecule has 0 radical (unpaired) electrons. The van der Waals surface area contributed by atoms with E-state index in [0.29, 0.717) is 5.75 Å². The van der Waals surface area contributed by atoms with Crippen LogP contribution in [0.4, 0.5) is 5.69 Å². The Hall–Kier alpha value is -2.86. The van der Waals surface area contributed by atoms with Crippen molar-refractivity contribution in [1.29, 1.82) is 0 Å². The zero-order valence-corrected chi connectivity index (χ0v) is 19.7. The number of anilines is 1. The van der Waals surface area contributed by atoms with Gasteiger partial charge in [-0.05, 0) is 46.7 Å². The van der Waals surface area contributed by atoms with Crippen LogP contribution in [0.1, 0.15) is 52.7 Å². The fraction of sp³-hybridized carbons (Fsp3) is 0.320. The van der Waals surface area contributed by atoms with Gasteiger partial charge >= 0.3 is 0 Å². The molecule has 3 aromatic rings. The summed E-state index contributed by atoms with van der Waals surface area (Å²) in [7, 11) is -3.80. The molecule has 0 aliphatic rings. The molecule has 0 bridgehead atoms. The van der Waals surface area contributed by atoms with Crippen molar-refractivity contribution in [2.45, 2.75) is 57.3 Å². The summed E-state index contributed by atoms with van der Waals surface area (Å²) in [5, 5.41) is 0. The molecule has 0 aliphatic heterocycles. The molecule has 0 fully saturated rings. The molecule has 1 heterocycles. The molecule has 0 amide bonds. The lowest BCUT2D eigenvalue weighted by Gasteiger charge is -2.23. The molecule has 3 rings (SSSR count). The van der Waals surface area contributed by atoms with Crippen LogP contribution in [-0.4, -0.2) is 13.4 Å². The Bertz CT molecular complexity index is 1160. The number of nitrogens with zero attached hydrogens (tertiary/aromatic N) is 1. The van der Waals surface area contributed by atoms with E-state index < -0.39 is 10.0 Å². The monoisotopic (exact) mass is 438 g/mol. The van der Waals surface area contributed by atoms with Crippen molar-refractivity contribution in [3.05, 3.63) is 78.0 Å². The van der Waals surface area contributed by atoms with E-state index in [-0.39, 0.29) is 27.3 Å². The van der Waals surface area contributed by atoms with Crippen LogP contribution < -0.4 is 9.46 Å². The summed E-state index contributed by atoms with van der Waals surface area (Å²) in [6.07, 6.45) is 1.57. The number of hydrogen-bond donors (Lipinski definition) is 1. The second-order valence-corrected chi connectivity index (χ2v) is 11.3. The minimum absolute atomic E-state index is 0.0550. The summed E-state index contributed by atoms with van der Waals surface area (Å²) in [6.45, 7) is 12.5. The van der Waals surface area contributed by atoms with Gasteiger partial charge in [-0.3, -0.25) is 4.72 Å². The summed E-state index contributed by atoms with van der Waals surface area (Å²) < 4.78 is 34.7. The lowest BCUT2D eigenvalue weighted by Crippen LogP contribution is -2.16. The largest absolute Gasteiger partial charge is 0.437 e. The smallest absolute Gasteiger partial charge is 0.262 e. The Morgan fingerprint density at radius 3 is 2.06 bits per heavy atom. The van der Waals surface area contributed by atoms with Gasteiger partial charge in [0.1, 0.15) is 11.4 Å². The Kier molecular flexibility index (Phi) is 6.14. The maximum absolute atomic E-state index is 13.0. The number of aromatic nitrogens is 1. The predicted octanol–water partition coefficient (Wildman–Crippen LogP) is 6.27. The number of sulfonamides is 1. The normalized spacial score (nSPS) is 12.5. The quantitative estimate of drug-likeness (QED) is 0.510. The minimum Gasteiger partial charge on any atom is -0.437 e. The number of ether oxygens (including phenoxy) is 1. The number of rotatable bonds is 5. The molecule has 31 heavy (non-hydrogen) atoms. The highest BCUT2D eigenvalue weighted by atomic mass is 32.2. The maximum Gasteiger partial charge on any atom is 0.262 e. The molecule has 1 N–H and O–H groups in total. The summed E-state index contributed by atoms with van der Waals surface area (Å²) in [6, 6.07) is 17.9. The van der Waals surface area contributed by atoms with Gasteiger partial charge in [0.25, 0.3) is 10.0 Å². The summed E-state index contributed by atoms with van der Waals surface area (Å²) in [5.74, 6) is 0.845. The Morgan fingerprint density at radius 1 is 0.806 bits per heavy atom. The molecule has 6 heteroatoms. The average Bonchev–Trinajstić information content (AvgIpc) is 2.68. The van der Waals surface area contributed by atoms with Crippen molar-refractivity contribution in [1.82, 2.24) is 4.98 Å². The molecule has 164 valence electrons. The highest BCUT2D eigenvalue weighted by molar-refractivity contribution is 7.92. The van der Waals surface area contributed by atoms with Crippen molar-refractivity contribution >= 4 is 15.7 Å². The molecule has 0 saturated heterocycles. The topological polar surface area (TPSA) is 68.3 Å². The number of para-hydroxylation sites is 1. The van der Waals surface area contributed by atoms with Crippen molar-refractivity contribution < 1.29 is 13.2 Å². The molecule has 0 atom stereocenters. The highest BCUT2D eigenvalue weighted by Gasteiger charge is 2.22. The molecule has 1 aromatic heterocycles. The van der Waals surface area contributed by atoms with E-state index in [1.165, 1.54) is 0 Å². The van der Waals surface area contributed by atoms with Crippen LogP contribution in [0.3, 0.4) is 0 Å².